The molecule has 1 atom stereocenters. The van der Waals surface area contributed by atoms with E-state index in [1.54, 1.807) is 31.3 Å². The number of halogens is 1. The number of nitrogens with one attached hydrogen (secondary N) is 1. The monoisotopic (exact) mass is 505 g/mol. The van der Waals surface area contributed by atoms with E-state index in [-0.39, 0.29) is 11.9 Å². The van der Waals surface area contributed by atoms with E-state index < -0.39 is 0 Å². The zero-order chi connectivity index (χ0) is 23.4. The van der Waals surface area contributed by atoms with E-state index in [2.05, 4.69) is 26.2 Å². The van der Waals surface area contributed by atoms with Crippen molar-refractivity contribution in [3.8, 4) is 28.3 Å². The van der Waals surface area contributed by atoms with Gasteiger partial charge >= 0.3 is 0 Å². The minimum atomic E-state index is -0.195. The third-order valence-electron chi connectivity index (χ3n) is 5.43. The fourth-order valence-electron chi connectivity index (χ4n) is 3.63. The van der Waals surface area contributed by atoms with Crippen LogP contribution in [0.2, 0.25) is 0 Å². The zero-order valence-electron chi connectivity index (χ0n) is 18.6. The van der Waals surface area contributed by atoms with Crippen molar-refractivity contribution in [2.24, 2.45) is 0 Å². The van der Waals surface area contributed by atoms with Crippen molar-refractivity contribution in [2.45, 2.75) is 13.0 Å². The van der Waals surface area contributed by atoms with Gasteiger partial charge in [-0.25, -0.2) is 4.98 Å². The van der Waals surface area contributed by atoms with Crippen molar-refractivity contribution < 1.29 is 14.3 Å². The van der Waals surface area contributed by atoms with E-state index >= 15 is 0 Å². The smallest absolute Gasteiger partial charge is 0.270 e. The highest BCUT2D eigenvalue weighted by molar-refractivity contribution is 9.10. The maximum atomic E-state index is 13.0. The first kappa shape index (κ1) is 22.6. The normalized spacial score (nSPS) is 11.6. The Labute approximate surface area is 201 Å². The molecule has 6 nitrogen and oxygen atoms in total. The largest absolute Gasteiger partial charge is 0.493 e. The fraction of sp³-hybridized carbons (Fsp3) is 0.154. The molecule has 1 aromatic heterocycles. The molecule has 1 heterocycles. The Hall–Kier alpha value is -3.58. The number of aromatic nitrogens is 2. The molecule has 0 unspecified atom stereocenters. The molecule has 0 aliphatic heterocycles. The van der Waals surface area contributed by atoms with Crippen LogP contribution in [0.15, 0.2) is 83.7 Å². The number of hydrogen-bond acceptors (Lipinski definition) is 4. The molecule has 0 radical (unpaired) electrons. The van der Waals surface area contributed by atoms with Gasteiger partial charge in [-0.15, -0.1) is 0 Å². The molecule has 1 amide bonds. The summed E-state index contributed by atoms with van der Waals surface area (Å²) in [6.45, 7) is 1.96. The molecular weight excluding hydrogens is 482 g/mol. The summed E-state index contributed by atoms with van der Waals surface area (Å²) in [6, 6.07) is 21.4. The molecule has 0 aliphatic rings. The van der Waals surface area contributed by atoms with Crippen LogP contribution in [-0.4, -0.2) is 29.7 Å². The van der Waals surface area contributed by atoms with Crippen molar-refractivity contribution in [1.82, 2.24) is 14.9 Å². The number of amides is 1. The third-order valence-corrected chi connectivity index (χ3v) is 5.96. The summed E-state index contributed by atoms with van der Waals surface area (Å²) in [5.41, 5.74) is 4.28. The predicted octanol–water partition coefficient (Wildman–Crippen LogP) is 5.81. The number of benzene rings is 3. The summed E-state index contributed by atoms with van der Waals surface area (Å²) in [5.74, 6) is 1.13. The van der Waals surface area contributed by atoms with Crippen LogP contribution in [0.25, 0.3) is 16.8 Å². The van der Waals surface area contributed by atoms with Gasteiger partial charge in [-0.2, -0.15) is 0 Å². The summed E-state index contributed by atoms with van der Waals surface area (Å²) in [5, 5.41) is 3.06. The van der Waals surface area contributed by atoms with E-state index in [0.717, 1.165) is 26.9 Å². The average molecular weight is 506 g/mol. The van der Waals surface area contributed by atoms with Gasteiger partial charge in [-0.3, -0.25) is 9.36 Å². The number of carbonyl (C=O) groups is 1. The lowest BCUT2D eigenvalue weighted by Gasteiger charge is -2.16. The Balaban J connectivity index is 1.60. The third kappa shape index (κ3) is 4.93. The number of hydrogen-bond donors (Lipinski definition) is 1. The summed E-state index contributed by atoms with van der Waals surface area (Å²) in [6.07, 6.45) is 3.22. The fourth-order valence-corrected chi connectivity index (χ4v) is 3.89. The highest BCUT2D eigenvalue weighted by Crippen LogP contribution is 2.33. The number of rotatable bonds is 7. The Bertz CT molecular complexity index is 1270. The maximum absolute atomic E-state index is 13.0. The summed E-state index contributed by atoms with van der Waals surface area (Å²) in [4.78, 5) is 17.3. The Morgan fingerprint density at radius 1 is 0.970 bits per heavy atom. The second-order valence-electron chi connectivity index (χ2n) is 7.52. The lowest BCUT2D eigenvalue weighted by Crippen LogP contribution is -2.28. The lowest BCUT2D eigenvalue weighted by atomic mass is 10.0. The first-order valence-corrected chi connectivity index (χ1v) is 11.2. The van der Waals surface area contributed by atoms with Gasteiger partial charge in [0.05, 0.1) is 32.8 Å². The number of carbonyl (C=O) groups excluding carboxylic acids is 1. The molecule has 33 heavy (non-hydrogen) atoms. The van der Waals surface area contributed by atoms with E-state index in [1.807, 2.05) is 73.7 Å². The summed E-state index contributed by atoms with van der Waals surface area (Å²) >= 11 is 3.44. The molecule has 1 N–H and O–H groups in total. The average Bonchev–Trinajstić information content (AvgIpc) is 3.34. The van der Waals surface area contributed by atoms with Crippen LogP contribution in [0.5, 0.6) is 11.5 Å². The highest BCUT2D eigenvalue weighted by atomic mass is 79.9. The van der Waals surface area contributed by atoms with Gasteiger partial charge in [-0.05, 0) is 60.0 Å². The van der Waals surface area contributed by atoms with Gasteiger partial charge in [0.25, 0.3) is 5.91 Å². The first-order valence-electron chi connectivity index (χ1n) is 10.4. The second kappa shape index (κ2) is 9.92. The molecule has 0 bridgehead atoms. The molecule has 4 rings (SSSR count). The zero-order valence-corrected chi connectivity index (χ0v) is 20.2. The number of methoxy groups -OCH3 is 2. The van der Waals surface area contributed by atoms with Crippen molar-refractivity contribution in [2.75, 3.05) is 14.2 Å². The van der Waals surface area contributed by atoms with Crippen molar-refractivity contribution in [3.05, 3.63) is 95.0 Å². The number of imidazole rings is 1. The Morgan fingerprint density at radius 3 is 2.42 bits per heavy atom. The van der Waals surface area contributed by atoms with E-state index in [0.29, 0.717) is 17.2 Å². The van der Waals surface area contributed by atoms with Gasteiger partial charge < -0.3 is 14.8 Å². The predicted molar refractivity (Wildman–Crippen MR) is 132 cm³/mol. The summed E-state index contributed by atoms with van der Waals surface area (Å²) in [7, 11) is 3.23. The minimum absolute atomic E-state index is 0.146. The van der Waals surface area contributed by atoms with Crippen LogP contribution in [0.4, 0.5) is 0 Å². The maximum Gasteiger partial charge on any atom is 0.270 e. The van der Waals surface area contributed by atoms with Crippen LogP contribution in [0.1, 0.15) is 29.0 Å². The highest BCUT2D eigenvalue weighted by Gasteiger charge is 2.17. The quantitative estimate of drug-likeness (QED) is 0.344. The molecule has 4 aromatic rings. The lowest BCUT2D eigenvalue weighted by molar-refractivity contribution is 0.0933. The number of nitrogens with zero attached hydrogens (tertiary/aromatic N) is 2. The van der Waals surface area contributed by atoms with Crippen LogP contribution in [-0.2, 0) is 0 Å². The van der Waals surface area contributed by atoms with Crippen molar-refractivity contribution in [3.63, 3.8) is 0 Å². The van der Waals surface area contributed by atoms with Crippen LogP contribution < -0.4 is 14.8 Å². The SMILES string of the molecule is COc1ccc(-c2cccc(-n3cncc3C(=O)N[C@H](C)c3ccc(Br)cc3)c2)cc1OC. The van der Waals surface area contributed by atoms with Crippen molar-refractivity contribution >= 4 is 21.8 Å². The van der Waals surface area contributed by atoms with Gasteiger partial charge in [0.2, 0.25) is 0 Å². The first-order chi connectivity index (χ1) is 16.0. The van der Waals surface area contributed by atoms with E-state index in [1.165, 1.54) is 0 Å². The van der Waals surface area contributed by atoms with Gasteiger partial charge in [0, 0.05) is 10.2 Å². The van der Waals surface area contributed by atoms with Crippen LogP contribution >= 0.6 is 15.9 Å². The van der Waals surface area contributed by atoms with Gasteiger partial charge in [0.15, 0.2) is 11.5 Å². The molecular formula is C26H24BrN3O3. The number of ether oxygens (including phenoxy) is 2. The molecule has 168 valence electrons. The molecule has 7 heteroatoms. The summed E-state index contributed by atoms with van der Waals surface area (Å²) < 4.78 is 13.6. The standard InChI is InChI=1S/C26H24BrN3O3/c1-17(18-7-10-21(27)11-8-18)29-26(31)23-15-28-16-30(23)22-6-4-5-19(13-22)20-9-12-24(32-2)25(14-20)33-3/h4-17H,1-3H3,(H,29,31)/t17-/m1/s1. The van der Waals surface area contributed by atoms with Gasteiger partial charge in [-0.1, -0.05) is 46.3 Å². The second-order valence-corrected chi connectivity index (χ2v) is 8.43. The molecule has 0 spiro atoms. The molecule has 0 saturated heterocycles. The molecule has 3 aromatic carbocycles. The van der Waals surface area contributed by atoms with E-state index in [9.17, 15) is 4.79 Å². The molecule has 0 saturated carbocycles. The molecule has 0 aliphatic carbocycles. The topological polar surface area (TPSA) is 65.4 Å². The van der Waals surface area contributed by atoms with Gasteiger partial charge in [0.1, 0.15) is 5.69 Å². The Morgan fingerprint density at radius 2 is 1.70 bits per heavy atom. The minimum Gasteiger partial charge on any atom is -0.493 e. The van der Waals surface area contributed by atoms with Crippen molar-refractivity contribution in [1.29, 1.82) is 0 Å². The molecule has 0 fully saturated rings. The van der Waals surface area contributed by atoms with Crippen LogP contribution in [0.3, 0.4) is 0 Å². The van der Waals surface area contributed by atoms with Crippen LogP contribution in [0, 0.1) is 0 Å². The van der Waals surface area contributed by atoms with E-state index in [4.69, 9.17) is 9.47 Å². The Kier molecular flexibility index (Phi) is 6.79.